The summed E-state index contributed by atoms with van der Waals surface area (Å²) in [5.74, 6) is -0.337. The minimum Gasteiger partial charge on any atom is -0.351 e. The molecule has 0 spiro atoms. The van der Waals surface area contributed by atoms with Gasteiger partial charge in [0.15, 0.2) is 0 Å². The van der Waals surface area contributed by atoms with Gasteiger partial charge in [-0.3, -0.25) is 15.1 Å². The van der Waals surface area contributed by atoms with E-state index in [0.29, 0.717) is 22.2 Å². The Kier molecular flexibility index (Phi) is 9.09. The van der Waals surface area contributed by atoms with Crippen molar-refractivity contribution in [3.8, 4) is 6.19 Å². The normalized spacial score (nSPS) is 18.5. The number of carbonyl (C=O) groups is 1. The van der Waals surface area contributed by atoms with E-state index in [1.165, 1.54) is 18.2 Å². The molecule has 0 radical (unpaired) electrons. The third kappa shape index (κ3) is 6.45. The van der Waals surface area contributed by atoms with Crippen molar-refractivity contribution in [2.24, 2.45) is 4.36 Å². The van der Waals surface area contributed by atoms with E-state index in [2.05, 4.69) is 31.1 Å². The predicted octanol–water partition coefficient (Wildman–Crippen LogP) is 6.64. The zero-order valence-electron chi connectivity index (χ0n) is 18.9. The maximum absolute atomic E-state index is 14.3. The van der Waals surface area contributed by atoms with Crippen LogP contribution in [0.15, 0.2) is 45.2 Å². The third-order valence-corrected chi connectivity index (χ3v) is 7.84. The fraction of sp³-hybridized carbons (Fsp3) is 0.273. The lowest BCUT2D eigenvalue weighted by Gasteiger charge is -2.29. The highest BCUT2D eigenvalue weighted by Crippen LogP contribution is 2.50. The van der Waals surface area contributed by atoms with E-state index in [0.717, 1.165) is 0 Å². The average Bonchev–Trinajstić information content (AvgIpc) is 3.26. The predicted molar refractivity (Wildman–Crippen MR) is 134 cm³/mol. The summed E-state index contributed by atoms with van der Waals surface area (Å²) in [6, 6.07) is 5.33. The van der Waals surface area contributed by atoms with Crippen molar-refractivity contribution in [2.45, 2.75) is 24.5 Å². The number of benzene rings is 2. The van der Waals surface area contributed by atoms with Gasteiger partial charge in [0, 0.05) is 22.1 Å². The van der Waals surface area contributed by atoms with Gasteiger partial charge in [-0.25, -0.2) is 0 Å². The molecule has 1 aliphatic heterocycles. The molecule has 2 atom stereocenters. The zero-order valence-corrected chi connectivity index (χ0v) is 22.8. The highest BCUT2D eigenvalue weighted by atomic mass is 79.9. The highest BCUT2D eigenvalue weighted by molar-refractivity contribution is 9.10. The van der Waals surface area contributed by atoms with E-state index < -0.39 is 49.8 Å². The molecule has 2 aromatic rings. The first-order valence-corrected chi connectivity index (χ1v) is 13.5. The van der Waals surface area contributed by atoms with Crippen LogP contribution in [-0.2, 0) is 38.6 Å². The Bertz CT molecular complexity index is 1380. The van der Waals surface area contributed by atoms with Gasteiger partial charge >= 0.3 is 12.4 Å². The standard InChI is InChI=1S/C22H15BrCl2F6N4O2S/c1-38(34-10-32)9-18(36)33-8-12-3-2-11(4-15(12)23)17-7-20(37-35-17,22(29,30)31)13-5-14(21(26,27)28)19(25)16(24)6-13/h2-7,35H,8-9H2,1H3,(H,33,36). The lowest BCUT2D eigenvalue weighted by molar-refractivity contribution is -0.269. The number of nitrogens with zero attached hydrogens (tertiary/aromatic N) is 2. The molecule has 0 saturated heterocycles. The van der Waals surface area contributed by atoms with Gasteiger partial charge in [0.25, 0.3) is 0 Å². The summed E-state index contributed by atoms with van der Waals surface area (Å²) < 4.78 is 87.0. The van der Waals surface area contributed by atoms with Crippen LogP contribution in [0.4, 0.5) is 26.3 Å². The van der Waals surface area contributed by atoms with Gasteiger partial charge in [-0.2, -0.15) is 36.0 Å². The minimum atomic E-state index is -5.20. The molecular weight excluding hydrogens is 649 g/mol. The van der Waals surface area contributed by atoms with E-state index in [1.54, 1.807) is 12.4 Å². The number of hydrogen-bond donors (Lipinski definition) is 2. The van der Waals surface area contributed by atoms with Crippen molar-refractivity contribution in [1.82, 2.24) is 10.8 Å². The molecule has 2 aromatic carbocycles. The smallest absolute Gasteiger partial charge is 0.351 e. The molecule has 1 aliphatic rings. The Morgan fingerprint density at radius 3 is 2.50 bits per heavy atom. The van der Waals surface area contributed by atoms with Crippen LogP contribution in [0, 0.1) is 11.5 Å². The van der Waals surface area contributed by atoms with Gasteiger partial charge in [-0.05, 0) is 36.1 Å². The quantitative estimate of drug-likeness (QED) is 0.268. The lowest BCUT2D eigenvalue weighted by Crippen LogP contribution is -2.42. The van der Waals surface area contributed by atoms with Crippen LogP contribution < -0.4 is 10.8 Å². The van der Waals surface area contributed by atoms with Gasteiger partial charge in [-0.15, -0.1) is 0 Å². The molecule has 3 rings (SSSR count). The fourth-order valence-electron chi connectivity index (χ4n) is 3.39. The number of halogens is 9. The van der Waals surface area contributed by atoms with Gasteiger partial charge < -0.3 is 5.32 Å². The van der Waals surface area contributed by atoms with E-state index in [1.807, 2.05) is 0 Å². The van der Waals surface area contributed by atoms with Gasteiger partial charge in [-0.1, -0.05) is 62.0 Å². The largest absolute Gasteiger partial charge is 0.428 e. The maximum atomic E-state index is 14.3. The van der Waals surface area contributed by atoms with Crippen LogP contribution in [0.2, 0.25) is 10.0 Å². The lowest BCUT2D eigenvalue weighted by atomic mass is 9.90. The van der Waals surface area contributed by atoms with Crippen LogP contribution in [0.3, 0.4) is 0 Å². The van der Waals surface area contributed by atoms with E-state index >= 15 is 0 Å². The number of carbonyl (C=O) groups excluding carboxylic acids is 1. The van der Waals surface area contributed by atoms with Crippen LogP contribution >= 0.6 is 39.1 Å². The Hall–Kier alpha value is -2.31. The van der Waals surface area contributed by atoms with E-state index in [4.69, 9.17) is 33.3 Å². The molecule has 1 heterocycles. The first kappa shape index (κ1) is 30.2. The van der Waals surface area contributed by atoms with E-state index in [-0.39, 0.29) is 35.5 Å². The van der Waals surface area contributed by atoms with Crippen LogP contribution in [0.25, 0.3) is 5.70 Å². The molecule has 1 amide bonds. The molecule has 0 saturated carbocycles. The summed E-state index contributed by atoms with van der Waals surface area (Å²) in [6.07, 6.45) is -6.41. The first-order chi connectivity index (χ1) is 17.6. The second kappa shape index (κ2) is 11.4. The molecule has 204 valence electrons. The Balaban J connectivity index is 1.94. The summed E-state index contributed by atoms with van der Waals surface area (Å²) in [7, 11) is -0.768. The third-order valence-electron chi connectivity index (χ3n) is 5.23. The SMILES string of the molecule is CS(CC(=O)NCc1ccc(C2=CC(c3cc(Cl)c(Cl)c(C(F)(F)F)c3)(C(F)(F)F)ON2)cc1Br)=NC#N. The molecule has 0 aromatic heterocycles. The zero-order chi connectivity index (χ0) is 28.5. The molecule has 2 N–H and O–H groups in total. The fourth-order valence-corrected chi connectivity index (χ4v) is 5.03. The molecule has 16 heteroatoms. The second-order valence-corrected chi connectivity index (χ2v) is 11.1. The molecular formula is C22H15BrCl2F6N4O2S. The molecule has 38 heavy (non-hydrogen) atoms. The average molecular weight is 664 g/mol. The summed E-state index contributed by atoms with van der Waals surface area (Å²) in [4.78, 5) is 16.9. The van der Waals surface area contributed by atoms with Crippen LogP contribution in [0.1, 0.15) is 22.3 Å². The summed E-state index contributed by atoms with van der Waals surface area (Å²) >= 11 is 14.7. The topological polar surface area (TPSA) is 86.5 Å². The molecule has 0 bridgehead atoms. The number of rotatable bonds is 6. The van der Waals surface area contributed by atoms with E-state index in [9.17, 15) is 31.1 Å². The maximum Gasteiger partial charge on any atom is 0.428 e. The van der Waals surface area contributed by atoms with Crippen LogP contribution in [0.5, 0.6) is 0 Å². The molecule has 0 fully saturated rings. The van der Waals surface area contributed by atoms with Crippen molar-refractivity contribution < 1.29 is 36.0 Å². The van der Waals surface area contributed by atoms with Gasteiger partial charge in [0.05, 0.1) is 27.1 Å². The summed E-state index contributed by atoms with van der Waals surface area (Å²) in [6.45, 7) is 0.0718. The van der Waals surface area contributed by atoms with Crippen LogP contribution in [-0.4, -0.2) is 24.1 Å². The Morgan fingerprint density at radius 1 is 1.24 bits per heavy atom. The number of nitrogens with one attached hydrogen (secondary N) is 2. The molecule has 0 aliphatic carbocycles. The minimum absolute atomic E-state index is 0.0156. The molecule has 6 nitrogen and oxygen atoms in total. The van der Waals surface area contributed by atoms with Gasteiger partial charge in [0.1, 0.15) is 0 Å². The number of amides is 1. The van der Waals surface area contributed by atoms with Crippen molar-refractivity contribution in [1.29, 1.82) is 5.26 Å². The van der Waals surface area contributed by atoms with Gasteiger partial charge in [0.2, 0.25) is 17.7 Å². The second-order valence-electron chi connectivity index (χ2n) is 7.83. The number of hydrogen-bond acceptors (Lipinski definition) is 5. The first-order valence-electron chi connectivity index (χ1n) is 10.2. The Morgan fingerprint density at radius 2 is 1.92 bits per heavy atom. The molecule has 2 unspecified atom stereocenters. The number of alkyl halides is 6. The highest BCUT2D eigenvalue weighted by Gasteiger charge is 2.60. The van der Waals surface area contributed by atoms with Crippen molar-refractivity contribution in [2.75, 3.05) is 12.0 Å². The van der Waals surface area contributed by atoms with Crippen molar-refractivity contribution in [3.63, 3.8) is 0 Å². The van der Waals surface area contributed by atoms with Crippen molar-refractivity contribution in [3.05, 3.63) is 73.2 Å². The summed E-state index contributed by atoms with van der Waals surface area (Å²) in [5.41, 5.74) is -3.01. The Labute approximate surface area is 233 Å². The monoisotopic (exact) mass is 662 g/mol. The summed E-state index contributed by atoms with van der Waals surface area (Å²) in [5, 5.41) is 9.52. The van der Waals surface area contributed by atoms with Crippen molar-refractivity contribution >= 4 is 61.4 Å². The number of hydroxylamine groups is 1. The number of nitriles is 1.